The lowest BCUT2D eigenvalue weighted by atomic mass is 10.1. The molecule has 1 fully saturated rings. The van der Waals surface area contributed by atoms with Gasteiger partial charge in [0.25, 0.3) is 0 Å². The molecule has 0 bridgehead atoms. The van der Waals surface area contributed by atoms with E-state index < -0.39 is 0 Å². The van der Waals surface area contributed by atoms with Crippen LogP contribution in [-0.4, -0.2) is 51.2 Å². The maximum atomic E-state index is 6.08. The first kappa shape index (κ1) is 18.3. The zero-order valence-electron chi connectivity index (χ0n) is 16.8. The van der Waals surface area contributed by atoms with Crippen molar-refractivity contribution in [2.24, 2.45) is 0 Å². The number of hydrogen-bond acceptors (Lipinski definition) is 7. The number of hydrogen-bond donors (Lipinski definition) is 0. The Balaban J connectivity index is 1.21. The van der Waals surface area contributed by atoms with Gasteiger partial charge in [-0.05, 0) is 41.5 Å². The highest BCUT2D eigenvalue weighted by atomic mass is 16.7. The number of fused-ring (bicyclic) bond motifs is 2. The lowest BCUT2D eigenvalue weighted by Gasteiger charge is -2.32. The molecule has 1 saturated heterocycles. The van der Waals surface area contributed by atoms with E-state index in [2.05, 4.69) is 44.5 Å². The van der Waals surface area contributed by atoms with Crippen LogP contribution in [0.25, 0.3) is 16.6 Å². The summed E-state index contributed by atoms with van der Waals surface area (Å²) in [4.78, 5) is 6.46. The molecule has 0 saturated carbocycles. The molecule has 0 radical (unpaired) electrons. The highest BCUT2D eigenvalue weighted by Gasteiger charge is 2.26. The zero-order valence-corrected chi connectivity index (χ0v) is 16.8. The molecular weight excluding hydrogens is 394 g/mol. The van der Waals surface area contributed by atoms with Crippen molar-refractivity contribution in [3.63, 3.8) is 0 Å². The first-order chi connectivity index (χ1) is 15.3. The Hall–Kier alpha value is -3.49. The SMILES string of the molecule is c1cc(-c2ccc3c([C@H]4CN(Cc5ccc6c(c5)OCO6)CCO4)nnn3c2)ccn1. The van der Waals surface area contributed by atoms with Crippen LogP contribution in [0.5, 0.6) is 11.5 Å². The van der Waals surface area contributed by atoms with E-state index in [0.29, 0.717) is 13.4 Å². The van der Waals surface area contributed by atoms with Crippen molar-refractivity contribution in [1.82, 2.24) is 24.7 Å². The lowest BCUT2D eigenvalue weighted by Crippen LogP contribution is -2.38. The molecule has 8 heteroatoms. The van der Waals surface area contributed by atoms with Gasteiger partial charge in [-0.2, -0.15) is 0 Å². The van der Waals surface area contributed by atoms with Crippen LogP contribution in [0.15, 0.2) is 61.1 Å². The molecule has 6 rings (SSSR count). The Morgan fingerprint density at radius 3 is 2.81 bits per heavy atom. The molecule has 0 spiro atoms. The van der Waals surface area contributed by atoms with Crippen LogP contribution in [0.2, 0.25) is 0 Å². The third-order valence-corrected chi connectivity index (χ3v) is 5.75. The van der Waals surface area contributed by atoms with E-state index in [-0.39, 0.29) is 6.10 Å². The summed E-state index contributed by atoms with van der Waals surface area (Å²) in [5.41, 5.74) is 5.20. The van der Waals surface area contributed by atoms with Crippen molar-refractivity contribution < 1.29 is 14.2 Å². The summed E-state index contributed by atoms with van der Waals surface area (Å²) in [6.07, 6.45) is 5.45. The number of ether oxygens (including phenoxy) is 3. The number of rotatable bonds is 4. The summed E-state index contributed by atoms with van der Waals surface area (Å²) in [7, 11) is 0. The van der Waals surface area contributed by atoms with Crippen molar-refractivity contribution in [3.8, 4) is 22.6 Å². The zero-order chi connectivity index (χ0) is 20.6. The van der Waals surface area contributed by atoms with Gasteiger partial charge in [-0.25, -0.2) is 4.52 Å². The minimum atomic E-state index is -0.118. The van der Waals surface area contributed by atoms with Crippen LogP contribution in [-0.2, 0) is 11.3 Å². The highest BCUT2D eigenvalue weighted by molar-refractivity contribution is 5.65. The van der Waals surface area contributed by atoms with Gasteiger partial charge >= 0.3 is 0 Å². The Bertz CT molecular complexity index is 1230. The van der Waals surface area contributed by atoms with Crippen LogP contribution < -0.4 is 9.47 Å². The van der Waals surface area contributed by atoms with Crippen molar-refractivity contribution in [1.29, 1.82) is 0 Å². The van der Waals surface area contributed by atoms with Crippen LogP contribution in [0.1, 0.15) is 17.4 Å². The number of pyridine rings is 2. The van der Waals surface area contributed by atoms with Gasteiger partial charge < -0.3 is 14.2 Å². The van der Waals surface area contributed by atoms with Gasteiger partial charge in [0.2, 0.25) is 6.79 Å². The molecule has 5 heterocycles. The number of aromatic nitrogens is 4. The molecule has 1 aromatic carbocycles. The average Bonchev–Trinajstić information content (AvgIpc) is 3.46. The van der Waals surface area contributed by atoms with Gasteiger partial charge in [0.1, 0.15) is 11.8 Å². The Kier molecular flexibility index (Phi) is 4.51. The van der Waals surface area contributed by atoms with Gasteiger partial charge in [0, 0.05) is 43.8 Å². The van der Waals surface area contributed by atoms with E-state index in [1.165, 1.54) is 5.56 Å². The van der Waals surface area contributed by atoms with Crippen LogP contribution in [0.4, 0.5) is 0 Å². The normalized spacial score (nSPS) is 18.5. The summed E-state index contributed by atoms with van der Waals surface area (Å²) < 4.78 is 18.8. The van der Waals surface area contributed by atoms with E-state index in [1.807, 2.05) is 28.9 Å². The lowest BCUT2D eigenvalue weighted by molar-refractivity contribution is -0.0343. The Morgan fingerprint density at radius 2 is 1.87 bits per heavy atom. The average molecular weight is 415 g/mol. The Labute approximate surface area is 179 Å². The van der Waals surface area contributed by atoms with Crippen molar-refractivity contribution in [2.75, 3.05) is 26.5 Å². The standard InChI is InChI=1S/C23H21N5O3/c1-4-20-21(31-15-30-20)11-16(1)12-27-9-10-29-22(14-27)23-19-3-2-18(13-28(19)26-25-23)17-5-7-24-8-6-17/h1-8,11,13,22H,9-10,12,14-15H2/t22-/m1/s1. The van der Waals surface area contributed by atoms with Crippen LogP contribution >= 0.6 is 0 Å². The smallest absolute Gasteiger partial charge is 0.231 e. The predicted octanol–water partition coefficient (Wildman–Crippen LogP) is 3.09. The predicted molar refractivity (Wildman–Crippen MR) is 113 cm³/mol. The van der Waals surface area contributed by atoms with Crippen LogP contribution in [0.3, 0.4) is 0 Å². The molecule has 0 unspecified atom stereocenters. The molecule has 0 N–H and O–H groups in total. The first-order valence-corrected chi connectivity index (χ1v) is 10.3. The molecular formula is C23H21N5O3. The van der Waals surface area contributed by atoms with Crippen molar-refractivity contribution >= 4 is 5.52 Å². The fourth-order valence-electron chi connectivity index (χ4n) is 4.17. The van der Waals surface area contributed by atoms with Gasteiger partial charge in [-0.3, -0.25) is 9.88 Å². The molecule has 4 aromatic rings. The monoisotopic (exact) mass is 415 g/mol. The van der Waals surface area contributed by atoms with E-state index in [0.717, 1.165) is 53.5 Å². The van der Waals surface area contributed by atoms with E-state index in [9.17, 15) is 0 Å². The molecule has 8 nitrogen and oxygen atoms in total. The summed E-state index contributed by atoms with van der Waals surface area (Å²) in [6.45, 7) is 3.40. The molecule has 1 atom stereocenters. The second-order valence-corrected chi connectivity index (χ2v) is 7.74. The third kappa shape index (κ3) is 3.49. The second kappa shape index (κ2) is 7.64. The van der Waals surface area contributed by atoms with Gasteiger partial charge in [0.05, 0.1) is 12.1 Å². The second-order valence-electron chi connectivity index (χ2n) is 7.74. The molecule has 2 aliphatic heterocycles. The molecule has 2 aliphatic rings. The summed E-state index contributed by atoms with van der Waals surface area (Å²) in [5, 5.41) is 8.81. The quantitative estimate of drug-likeness (QED) is 0.507. The fourth-order valence-corrected chi connectivity index (χ4v) is 4.17. The highest BCUT2D eigenvalue weighted by Crippen LogP contribution is 2.33. The van der Waals surface area contributed by atoms with Gasteiger partial charge in [0.15, 0.2) is 11.5 Å². The minimum Gasteiger partial charge on any atom is -0.454 e. The first-order valence-electron chi connectivity index (χ1n) is 10.3. The third-order valence-electron chi connectivity index (χ3n) is 5.75. The van der Waals surface area contributed by atoms with Gasteiger partial charge in [-0.15, -0.1) is 5.10 Å². The Morgan fingerprint density at radius 1 is 0.968 bits per heavy atom. The molecule has 3 aromatic heterocycles. The minimum absolute atomic E-state index is 0.118. The molecule has 0 amide bonds. The number of morpholine rings is 1. The molecule has 156 valence electrons. The van der Waals surface area contributed by atoms with Crippen LogP contribution in [0, 0.1) is 0 Å². The topological polar surface area (TPSA) is 74.0 Å². The van der Waals surface area contributed by atoms with Crippen molar-refractivity contribution in [3.05, 3.63) is 72.3 Å². The maximum absolute atomic E-state index is 6.08. The fraction of sp³-hybridized carbons (Fsp3) is 0.261. The maximum Gasteiger partial charge on any atom is 0.231 e. The molecule has 31 heavy (non-hydrogen) atoms. The van der Waals surface area contributed by atoms with E-state index in [4.69, 9.17) is 14.2 Å². The van der Waals surface area contributed by atoms with E-state index in [1.54, 1.807) is 12.4 Å². The van der Waals surface area contributed by atoms with Crippen molar-refractivity contribution in [2.45, 2.75) is 12.6 Å². The summed E-state index contributed by atoms with van der Waals surface area (Å²) in [5.74, 6) is 1.63. The van der Waals surface area contributed by atoms with E-state index >= 15 is 0 Å². The molecule has 0 aliphatic carbocycles. The van der Waals surface area contributed by atoms with Gasteiger partial charge in [-0.1, -0.05) is 17.3 Å². The largest absolute Gasteiger partial charge is 0.454 e. The number of benzene rings is 1. The summed E-state index contributed by atoms with van der Waals surface area (Å²) >= 11 is 0. The summed E-state index contributed by atoms with van der Waals surface area (Å²) in [6, 6.07) is 14.2. The number of nitrogens with zero attached hydrogens (tertiary/aromatic N) is 5.